The lowest BCUT2D eigenvalue weighted by Gasteiger charge is -2.18. The first-order valence-electron chi connectivity index (χ1n) is 10.4. The first-order valence-corrected chi connectivity index (χ1v) is 11.8. The van der Waals surface area contributed by atoms with E-state index in [9.17, 15) is 17.9 Å². The van der Waals surface area contributed by atoms with Crippen LogP contribution in [0.4, 0.5) is 4.39 Å². The second-order valence-corrected chi connectivity index (χ2v) is 9.08. The highest BCUT2D eigenvalue weighted by atomic mass is 32.2. The number of aryl methyl sites for hydroxylation is 2. The van der Waals surface area contributed by atoms with Gasteiger partial charge in [-0.1, -0.05) is 66.2 Å². The molecular weight excluding hydrogens is 429 g/mol. The Bertz CT molecular complexity index is 1060. The van der Waals surface area contributed by atoms with Gasteiger partial charge in [0, 0.05) is 18.2 Å². The van der Waals surface area contributed by atoms with Crippen LogP contribution >= 0.6 is 0 Å². The highest BCUT2D eigenvalue weighted by molar-refractivity contribution is 7.85. The summed E-state index contributed by atoms with van der Waals surface area (Å²) in [7, 11) is -4.02. The second-order valence-electron chi connectivity index (χ2n) is 7.66. The highest BCUT2D eigenvalue weighted by Gasteiger charge is 2.13. The van der Waals surface area contributed by atoms with Crippen LogP contribution in [-0.4, -0.2) is 30.7 Å². The van der Waals surface area contributed by atoms with Crippen molar-refractivity contribution in [1.82, 2.24) is 5.32 Å². The zero-order chi connectivity index (χ0) is 23.6. The molecule has 32 heavy (non-hydrogen) atoms. The molecule has 0 saturated heterocycles. The Morgan fingerprint density at radius 2 is 1.53 bits per heavy atom. The Labute approximate surface area is 189 Å². The van der Waals surface area contributed by atoms with Crippen LogP contribution in [0.3, 0.4) is 0 Å². The molecule has 0 spiro atoms. The van der Waals surface area contributed by atoms with Crippen molar-refractivity contribution in [2.24, 2.45) is 0 Å². The van der Waals surface area contributed by atoms with E-state index >= 15 is 0 Å². The van der Waals surface area contributed by atoms with Gasteiger partial charge in [0.1, 0.15) is 5.82 Å². The van der Waals surface area contributed by atoms with Crippen LogP contribution in [0.25, 0.3) is 0 Å². The fourth-order valence-electron chi connectivity index (χ4n) is 3.01. The molecule has 2 atom stereocenters. The lowest BCUT2D eigenvalue weighted by atomic mass is 10.1. The molecule has 172 valence electrons. The third kappa shape index (κ3) is 8.88. The van der Waals surface area contributed by atoms with E-state index in [1.54, 1.807) is 30.3 Å². The molecule has 7 heteroatoms. The summed E-state index contributed by atoms with van der Waals surface area (Å²) in [6, 6.07) is 22.9. The van der Waals surface area contributed by atoms with Gasteiger partial charge in [-0.15, -0.1) is 0 Å². The Morgan fingerprint density at radius 1 is 0.938 bits per heavy atom. The van der Waals surface area contributed by atoms with Crippen molar-refractivity contribution in [3.63, 3.8) is 0 Å². The van der Waals surface area contributed by atoms with Crippen molar-refractivity contribution < 1.29 is 22.5 Å². The smallest absolute Gasteiger partial charge is 0.294 e. The minimum atomic E-state index is -4.02. The van der Waals surface area contributed by atoms with Crippen LogP contribution < -0.4 is 5.32 Å². The molecule has 3 aromatic carbocycles. The van der Waals surface area contributed by atoms with Crippen molar-refractivity contribution >= 4 is 10.1 Å². The fourth-order valence-corrected chi connectivity index (χ4v) is 3.49. The minimum Gasteiger partial charge on any atom is -0.387 e. The molecule has 0 heterocycles. The average Bonchev–Trinajstić information content (AvgIpc) is 2.77. The van der Waals surface area contributed by atoms with Crippen molar-refractivity contribution in [2.75, 3.05) is 6.54 Å². The van der Waals surface area contributed by atoms with Gasteiger partial charge in [-0.05, 0) is 50.5 Å². The third-order valence-corrected chi connectivity index (χ3v) is 5.82. The maximum Gasteiger partial charge on any atom is 0.294 e. The molecule has 0 saturated carbocycles. The summed E-state index contributed by atoms with van der Waals surface area (Å²) >= 11 is 0. The molecule has 0 bridgehead atoms. The van der Waals surface area contributed by atoms with E-state index in [2.05, 4.69) is 24.4 Å². The topological polar surface area (TPSA) is 86.6 Å². The van der Waals surface area contributed by atoms with Crippen LogP contribution in [0.1, 0.15) is 36.1 Å². The molecule has 3 rings (SSSR count). The molecule has 0 aliphatic rings. The van der Waals surface area contributed by atoms with E-state index < -0.39 is 16.2 Å². The minimum absolute atomic E-state index is 0.0666. The van der Waals surface area contributed by atoms with E-state index in [4.69, 9.17) is 4.55 Å². The number of hydrogen-bond acceptors (Lipinski definition) is 4. The Kier molecular flexibility index (Phi) is 9.99. The van der Waals surface area contributed by atoms with Gasteiger partial charge in [0.25, 0.3) is 10.1 Å². The zero-order valence-electron chi connectivity index (χ0n) is 18.3. The van der Waals surface area contributed by atoms with Crippen LogP contribution in [0.2, 0.25) is 0 Å². The van der Waals surface area contributed by atoms with E-state index in [-0.39, 0.29) is 16.8 Å². The lowest BCUT2D eigenvalue weighted by Crippen LogP contribution is -2.31. The molecule has 0 fully saturated rings. The Morgan fingerprint density at radius 3 is 2.12 bits per heavy atom. The molecule has 3 aromatic rings. The maximum atomic E-state index is 13.5. The number of aliphatic hydroxyl groups is 1. The summed E-state index contributed by atoms with van der Waals surface area (Å²) in [5, 5.41) is 13.3. The quantitative estimate of drug-likeness (QED) is 0.425. The molecule has 0 aliphatic carbocycles. The largest absolute Gasteiger partial charge is 0.387 e. The number of hydrogen-bond donors (Lipinski definition) is 3. The third-order valence-electron chi connectivity index (χ3n) is 4.95. The summed E-state index contributed by atoms with van der Waals surface area (Å²) < 4.78 is 43.1. The van der Waals surface area contributed by atoms with E-state index in [1.807, 2.05) is 25.1 Å². The summed E-state index contributed by atoms with van der Waals surface area (Å²) in [4.78, 5) is -0.0666. The van der Waals surface area contributed by atoms with Gasteiger partial charge in [-0.3, -0.25) is 4.55 Å². The molecule has 0 amide bonds. The SMILES string of the molecule is C[C@H](CCc1ccccc1)NC[C@H](O)c1ccccc1F.Cc1ccc(S(=O)(=O)O)cc1. The van der Waals surface area contributed by atoms with Crippen LogP contribution in [-0.2, 0) is 16.5 Å². The molecule has 0 unspecified atom stereocenters. The van der Waals surface area contributed by atoms with Crippen LogP contribution in [0, 0.1) is 12.7 Å². The molecule has 3 N–H and O–H groups in total. The standard InChI is InChI=1S/C18H22FNO.C7H8O3S/c1-14(11-12-15-7-3-2-4-8-15)20-13-18(21)16-9-5-6-10-17(16)19;1-6-2-4-7(5-3-6)11(8,9)10/h2-10,14,18,20-21H,11-13H2,1H3;2-5H,1H3,(H,8,9,10)/t14-,18+;/m1./s1. The molecule has 0 aliphatic heterocycles. The highest BCUT2D eigenvalue weighted by Crippen LogP contribution is 2.16. The van der Waals surface area contributed by atoms with Crippen LogP contribution in [0.15, 0.2) is 83.8 Å². The molecule has 0 aromatic heterocycles. The van der Waals surface area contributed by atoms with Crippen molar-refractivity contribution in [3.05, 3.63) is 101 Å². The number of rotatable bonds is 8. The fraction of sp³-hybridized carbons (Fsp3) is 0.280. The average molecular weight is 460 g/mol. The van der Waals surface area contributed by atoms with Gasteiger partial charge >= 0.3 is 0 Å². The summed E-state index contributed by atoms with van der Waals surface area (Å²) in [5.74, 6) is -0.358. The van der Waals surface area contributed by atoms with E-state index in [0.29, 0.717) is 12.1 Å². The first kappa shape index (κ1) is 25.7. The summed E-state index contributed by atoms with van der Waals surface area (Å²) in [5.41, 5.74) is 2.61. The van der Waals surface area contributed by atoms with E-state index in [0.717, 1.165) is 18.4 Å². The Hall–Kier alpha value is -2.58. The molecule has 5 nitrogen and oxygen atoms in total. The van der Waals surface area contributed by atoms with Crippen LogP contribution in [0.5, 0.6) is 0 Å². The summed E-state index contributed by atoms with van der Waals surface area (Å²) in [6.45, 7) is 4.28. The second kappa shape index (κ2) is 12.5. The monoisotopic (exact) mass is 459 g/mol. The molecule has 0 radical (unpaired) electrons. The maximum absolute atomic E-state index is 13.5. The van der Waals surface area contributed by atoms with E-state index in [1.165, 1.54) is 23.8 Å². The van der Waals surface area contributed by atoms with Crippen molar-refractivity contribution in [3.8, 4) is 0 Å². The van der Waals surface area contributed by atoms with Gasteiger partial charge in [-0.25, -0.2) is 4.39 Å². The van der Waals surface area contributed by atoms with Gasteiger partial charge in [0.15, 0.2) is 0 Å². The number of halogens is 1. The predicted octanol–water partition coefficient (Wildman–Crippen LogP) is 4.71. The normalized spacial score (nSPS) is 13.0. The van der Waals surface area contributed by atoms with Gasteiger partial charge in [0.05, 0.1) is 11.0 Å². The Balaban J connectivity index is 0.000000278. The predicted molar refractivity (Wildman–Crippen MR) is 125 cm³/mol. The number of benzene rings is 3. The van der Waals surface area contributed by atoms with Gasteiger partial charge in [0.2, 0.25) is 0 Å². The number of aliphatic hydroxyl groups excluding tert-OH is 1. The summed E-state index contributed by atoms with van der Waals surface area (Å²) in [6.07, 6.45) is 1.16. The number of nitrogens with one attached hydrogen (secondary N) is 1. The molecular formula is C25H30FNO4S. The van der Waals surface area contributed by atoms with Crippen molar-refractivity contribution in [1.29, 1.82) is 0 Å². The first-order chi connectivity index (χ1) is 15.2. The van der Waals surface area contributed by atoms with Gasteiger partial charge < -0.3 is 10.4 Å². The van der Waals surface area contributed by atoms with Gasteiger partial charge in [-0.2, -0.15) is 8.42 Å². The van der Waals surface area contributed by atoms with Crippen molar-refractivity contribution in [2.45, 2.75) is 43.7 Å². The lowest BCUT2D eigenvalue weighted by molar-refractivity contribution is 0.165. The zero-order valence-corrected chi connectivity index (χ0v) is 19.1.